The van der Waals surface area contributed by atoms with Crippen LogP contribution in [0.2, 0.25) is 0 Å². The first kappa shape index (κ1) is 17.8. The number of carbonyl (C=O) groups is 1. The van der Waals surface area contributed by atoms with E-state index in [-0.39, 0.29) is 11.9 Å². The van der Waals surface area contributed by atoms with Crippen LogP contribution < -0.4 is 10.1 Å². The second kappa shape index (κ2) is 7.47. The maximum atomic E-state index is 12.8. The van der Waals surface area contributed by atoms with E-state index >= 15 is 0 Å². The maximum Gasteiger partial charge on any atom is 0.270 e. The van der Waals surface area contributed by atoms with Gasteiger partial charge in [-0.05, 0) is 55.8 Å². The molecule has 26 heavy (non-hydrogen) atoms. The molecular formula is C20H24N4O2. The zero-order chi connectivity index (χ0) is 18.7. The number of aromatic nitrogens is 3. The van der Waals surface area contributed by atoms with E-state index in [0.29, 0.717) is 5.69 Å². The predicted molar refractivity (Wildman–Crippen MR) is 102 cm³/mol. The quantitative estimate of drug-likeness (QED) is 0.739. The molecule has 0 fully saturated rings. The monoisotopic (exact) mass is 352 g/mol. The number of benzene rings is 1. The number of ether oxygens (including phenoxy) is 1. The normalized spacial score (nSPS) is 12.0. The highest BCUT2D eigenvalue weighted by Gasteiger charge is 2.19. The van der Waals surface area contributed by atoms with Crippen molar-refractivity contribution in [2.24, 2.45) is 7.05 Å². The lowest BCUT2D eigenvalue weighted by atomic mass is 10.2. The minimum atomic E-state index is -0.136. The van der Waals surface area contributed by atoms with Crippen LogP contribution in [0.4, 0.5) is 0 Å². The van der Waals surface area contributed by atoms with Crippen LogP contribution in [0, 0.1) is 0 Å². The lowest BCUT2D eigenvalue weighted by Crippen LogP contribution is -2.33. The molecule has 3 rings (SSSR count). The van der Waals surface area contributed by atoms with Crippen molar-refractivity contribution in [1.82, 2.24) is 19.7 Å². The van der Waals surface area contributed by atoms with E-state index in [1.54, 1.807) is 11.8 Å². The van der Waals surface area contributed by atoms with Crippen molar-refractivity contribution < 1.29 is 9.53 Å². The van der Waals surface area contributed by atoms with E-state index in [0.717, 1.165) is 29.2 Å². The summed E-state index contributed by atoms with van der Waals surface area (Å²) in [7, 11) is 3.59. The fourth-order valence-corrected chi connectivity index (χ4v) is 2.72. The third-order valence-corrected chi connectivity index (χ3v) is 4.46. The largest absolute Gasteiger partial charge is 0.497 e. The SMILES string of the molecule is CC[C@@H](C)NC(=O)c1cc(-c2cccn2C)nn1-c1ccc(OC)cc1. The number of hydrogen-bond acceptors (Lipinski definition) is 3. The van der Waals surface area contributed by atoms with Crippen molar-refractivity contribution in [2.45, 2.75) is 26.3 Å². The van der Waals surface area contributed by atoms with Gasteiger partial charge in [0.1, 0.15) is 17.1 Å². The first-order valence-corrected chi connectivity index (χ1v) is 8.70. The van der Waals surface area contributed by atoms with Crippen LogP contribution in [-0.4, -0.2) is 33.4 Å². The number of aryl methyl sites for hydroxylation is 1. The van der Waals surface area contributed by atoms with Gasteiger partial charge in [-0.15, -0.1) is 0 Å². The van der Waals surface area contributed by atoms with E-state index in [9.17, 15) is 4.79 Å². The fourth-order valence-electron chi connectivity index (χ4n) is 2.72. The summed E-state index contributed by atoms with van der Waals surface area (Å²) in [5.74, 6) is 0.622. The van der Waals surface area contributed by atoms with Crippen molar-refractivity contribution in [3.63, 3.8) is 0 Å². The van der Waals surface area contributed by atoms with Crippen LogP contribution in [0.1, 0.15) is 30.8 Å². The Morgan fingerprint density at radius 2 is 2.00 bits per heavy atom. The van der Waals surface area contributed by atoms with Crippen molar-refractivity contribution in [2.75, 3.05) is 7.11 Å². The lowest BCUT2D eigenvalue weighted by molar-refractivity contribution is 0.0931. The second-order valence-corrected chi connectivity index (χ2v) is 6.31. The molecule has 0 aliphatic carbocycles. The number of rotatable bonds is 6. The van der Waals surface area contributed by atoms with Gasteiger partial charge in [0.2, 0.25) is 0 Å². The number of methoxy groups -OCH3 is 1. The van der Waals surface area contributed by atoms with Crippen LogP contribution in [0.25, 0.3) is 17.1 Å². The smallest absolute Gasteiger partial charge is 0.270 e. The third-order valence-electron chi connectivity index (χ3n) is 4.46. The molecule has 0 bridgehead atoms. The van der Waals surface area contributed by atoms with Gasteiger partial charge in [0.05, 0.1) is 18.5 Å². The molecule has 1 amide bonds. The molecule has 3 aromatic rings. The summed E-state index contributed by atoms with van der Waals surface area (Å²) >= 11 is 0. The Balaban J connectivity index is 2.06. The van der Waals surface area contributed by atoms with Crippen LogP contribution in [-0.2, 0) is 7.05 Å². The van der Waals surface area contributed by atoms with Gasteiger partial charge in [-0.25, -0.2) is 4.68 Å². The number of amides is 1. The van der Waals surface area contributed by atoms with Gasteiger partial charge in [-0.3, -0.25) is 4.79 Å². The Bertz CT molecular complexity index is 893. The molecule has 136 valence electrons. The molecular weight excluding hydrogens is 328 g/mol. The summed E-state index contributed by atoms with van der Waals surface area (Å²) in [6.07, 6.45) is 2.83. The highest BCUT2D eigenvalue weighted by atomic mass is 16.5. The molecule has 6 nitrogen and oxygen atoms in total. The van der Waals surface area contributed by atoms with E-state index < -0.39 is 0 Å². The second-order valence-electron chi connectivity index (χ2n) is 6.31. The Morgan fingerprint density at radius 1 is 1.27 bits per heavy atom. The summed E-state index contributed by atoms with van der Waals surface area (Å²) < 4.78 is 8.88. The number of nitrogens with one attached hydrogen (secondary N) is 1. The average molecular weight is 352 g/mol. The summed E-state index contributed by atoms with van der Waals surface area (Å²) in [4.78, 5) is 12.8. The summed E-state index contributed by atoms with van der Waals surface area (Å²) in [5, 5.41) is 7.71. The Labute approximate surface area is 153 Å². The van der Waals surface area contributed by atoms with Gasteiger partial charge in [-0.1, -0.05) is 6.92 Å². The highest BCUT2D eigenvalue weighted by molar-refractivity contribution is 5.94. The van der Waals surface area contributed by atoms with Gasteiger partial charge in [0.25, 0.3) is 5.91 Å². The van der Waals surface area contributed by atoms with Crippen LogP contribution in [0.5, 0.6) is 5.75 Å². The Morgan fingerprint density at radius 3 is 2.58 bits per heavy atom. The molecule has 6 heteroatoms. The first-order chi connectivity index (χ1) is 12.5. The molecule has 0 unspecified atom stereocenters. The molecule has 1 N–H and O–H groups in total. The van der Waals surface area contributed by atoms with E-state index in [1.165, 1.54) is 0 Å². The van der Waals surface area contributed by atoms with Crippen LogP contribution in [0.3, 0.4) is 0 Å². The van der Waals surface area contributed by atoms with Gasteiger partial charge >= 0.3 is 0 Å². The first-order valence-electron chi connectivity index (χ1n) is 8.70. The zero-order valence-electron chi connectivity index (χ0n) is 15.6. The Kier molecular flexibility index (Phi) is 5.11. The molecule has 0 aliphatic rings. The average Bonchev–Trinajstić information content (AvgIpc) is 3.27. The minimum absolute atomic E-state index is 0.0974. The van der Waals surface area contributed by atoms with E-state index in [2.05, 4.69) is 10.4 Å². The molecule has 1 aromatic carbocycles. The molecule has 0 aliphatic heterocycles. The summed E-state index contributed by atoms with van der Waals surface area (Å²) in [5.41, 5.74) is 3.02. The molecule has 1 atom stereocenters. The third kappa shape index (κ3) is 3.49. The van der Waals surface area contributed by atoms with Gasteiger partial charge in [-0.2, -0.15) is 5.10 Å². The van der Waals surface area contributed by atoms with Crippen molar-refractivity contribution >= 4 is 5.91 Å². The van der Waals surface area contributed by atoms with E-state index in [4.69, 9.17) is 4.74 Å². The maximum absolute atomic E-state index is 12.8. The molecule has 0 saturated carbocycles. The topological polar surface area (TPSA) is 61.1 Å². The standard InChI is InChI=1S/C20H24N4O2/c1-5-14(2)21-20(25)19-13-17(18-7-6-12-23(18)3)22-24(19)15-8-10-16(26-4)11-9-15/h6-14H,5H2,1-4H3,(H,21,25)/t14-/m1/s1. The van der Waals surface area contributed by atoms with Crippen molar-refractivity contribution in [3.8, 4) is 22.8 Å². The van der Waals surface area contributed by atoms with Crippen LogP contribution >= 0.6 is 0 Å². The van der Waals surface area contributed by atoms with Crippen molar-refractivity contribution in [1.29, 1.82) is 0 Å². The zero-order valence-corrected chi connectivity index (χ0v) is 15.6. The van der Waals surface area contributed by atoms with Gasteiger partial charge < -0.3 is 14.6 Å². The molecule has 0 radical (unpaired) electrons. The summed E-state index contributed by atoms with van der Waals surface area (Å²) in [6, 6.07) is 13.4. The number of nitrogens with zero attached hydrogens (tertiary/aromatic N) is 3. The predicted octanol–water partition coefficient (Wildman–Crippen LogP) is 3.41. The molecule has 2 heterocycles. The number of carbonyl (C=O) groups excluding carboxylic acids is 1. The minimum Gasteiger partial charge on any atom is -0.497 e. The van der Waals surface area contributed by atoms with Crippen molar-refractivity contribution in [3.05, 3.63) is 54.4 Å². The molecule has 0 saturated heterocycles. The number of hydrogen-bond donors (Lipinski definition) is 1. The van der Waals surface area contributed by atoms with Gasteiger partial charge in [0, 0.05) is 19.3 Å². The molecule has 0 spiro atoms. The lowest BCUT2D eigenvalue weighted by Gasteiger charge is -2.12. The van der Waals surface area contributed by atoms with Crippen LogP contribution in [0.15, 0.2) is 48.7 Å². The Hall–Kier alpha value is -3.02. The molecule has 2 aromatic heterocycles. The van der Waals surface area contributed by atoms with Gasteiger partial charge in [0.15, 0.2) is 0 Å². The summed E-state index contributed by atoms with van der Waals surface area (Å²) in [6.45, 7) is 4.03. The van der Waals surface area contributed by atoms with E-state index in [1.807, 2.05) is 74.1 Å². The fraction of sp³-hybridized carbons (Fsp3) is 0.300. The highest BCUT2D eigenvalue weighted by Crippen LogP contribution is 2.23.